The Labute approximate surface area is 136 Å². The Morgan fingerprint density at radius 2 is 1.39 bits per heavy atom. The van der Waals surface area contributed by atoms with Crippen molar-refractivity contribution in [2.75, 3.05) is 0 Å². The van der Waals surface area contributed by atoms with E-state index in [9.17, 15) is 10.2 Å². The molecule has 1 atom stereocenters. The molecule has 0 aliphatic carbocycles. The number of benzene rings is 3. The van der Waals surface area contributed by atoms with Crippen molar-refractivity contribution < 1.29 is 10.2 Å². The average molecular weight is 304 g/mol. The van der Waals surface area contributed by atoms with Crippen molar-refractivity contribution in [1.29, 1.82) is 0 Å². The van der Waals surface area contributed by atoms with Crippen LogP contribution < -0.4 is 0 Å². The summed E-state index contributed by atoms with van der Waals surface area (Å²) in [7, 11) is 0. The van der Waals surface area contributed by atoms with E-state index in [2.05, 4.69) is 19.1 Å². The highest BCUT2D eigenvalue weighted by molar-refractivity contribution is 5.55. The molecule has 0 saturated carbocycles. The first kappa shape index (κ1) is 15.2. The van der Waals surface area contributed by atoms with Gasteiger partial charge in [-0.3, -0.25) is 0 Å². The van der Waals surface area contributed by atoms with E-state index in [4.69, 9.17) is 0 Å². The monoisotopic (exact) mass is 304 g/mol. The SMILES string of the molecule is CCC(c1ccccc1)(c1cccc(O)c1)c1ccccc1O. The normalized spacial score (nSPS) is 13.4. The van der Waals surface area contributed by atoms with Crippen LogP contribution in [0.3, 0.4) is 0 Å². The number of aromatic hydroxyl groups is 2. The van der Waals surface area contributed by atoms with Crippen LogP contribution in [-0.2, 0) is 5.41 Å². The first-order valence-corrected chi connectivity index (χ1v) is 7.82. The van der Waals surface area contributed by atoms with Gasteiger partial charge < -0.3 is 10.2 Å². The second-order valence-electron chi connectivity index (χ2n) is 5.69. The van der Waals surface area contributed by atoms with Gasteiger partial charge in [-0.05, 0) is 35.7 Å². The molecule has 0 radical (unpaired) electrons. The number of rotatable bonds is 4. The van der Waals surface area contributed by atoms with Crippen LogP contribution in [0.15, 0.2) is 78.9 Å². The number of phenols is 2. The van der Waals surface area contributed by atoms with Gasteiger partial charge in [0, 0.05) is 11.0 Å². The zero-order valence-electron chi connectivity index (χ0n) is 13.1. The molecule has 0 saturated heterocycles. The molecule has 0 fully saturated rings. The summed E-state index contributed by atoms with van der Waals surface area (Å²) in [4.78, 5) is 0. The van der Waals surface area contributed by atoms with Crippen molar-refractivity contribution in [3.05, 3.63) is 95.6 Å². The molecule has 2 heteroatoms. The van der Waals surface area contributed by atoms with Crippen LogP contribution in [0.4, 0.5) is 0 Å². The summed E-state index contributed by atoms with van der Waals surface area (Å²) in [6.07, 6.45) is 0.762. The summed E-state index contributed by atoms with van der Waals surface area (Å²) >= 11 is 0. The largest absolute Gasteiger partial charge is 0.508 e. The Morgan fingerprint density at radius 3 is 2.04 bits per heavy atom. The number of para-hydroxylation sites is 1. The predicted octanol–water partition coefficient (Wildman–Crippen LogP) is 4.84. The van der Waals surface area contributed by atoms with Gasteiger partial charge in [-0.2, -0.15) is 0 Å². The fraction of sp³-hybridized carbons (Fsp3) is 0.143. The predicted molar refractivity (Wildman–Crippen MR) is 92.8 cm³/mol. The first-order valence-electron chi connectivity index (χ1n) is 7.82. The van der Waals surface area contributed by atoms with Crippen molar-refractivity contribution in [1.82, 2.24) is 0 Å². The van der Waals surface area contributed by atoms with E-state index in [-0.39, 0.29) is 11.5 Å². The molecular weight excluding hydrogens is 284 g/mol. The maximum atomic E-state index is 10.5. The van der Waals surface area contributed by atoms with Crippen molar-refractivity contribution >= 4 is 0 Å². The molecule has 116 valence electrons. The second kappa shape index (κ2) is 6.17. The van der Waals surface area contributed by atoms with Gasteiger partial charge >= 0.3 is 0 Å². The molecule has 0 spiro atoms. The summed E-state index contributed by atoms with van der Waals surface area (Å²) in [5.74, 6) is 0.494. The van der Waals surface area contributed by atoms with E-state index < -0.39 is 5.41 Å². The van der Waals surface area contributed by atoms with Crippen LogP contribution in [-0.4, -0.2) is 10.2 Å². The molecule has 0 aliphatic rings. The maximum absolute atomic E-state index is 10.5. The summed E-state index contributed by atoms with van der Waals surface area (Å²) in [5.41, 5.74) is 2.40. The zero-order valence-corrected chi connectivity index (χ0v) is 13.1. The smallest absolute Gasteiger partial charge is 0.120 e. The standard InChI is InChI=1S/C21H20O2/c1-2-21(16-9-4-3-5-10-16,17-11-8-12-18(22)15-17)19-13-6-7-14-20(19)23/h3-15,22-23H,2H2,1H3. The van der Waals surface area contributed by atoms with E-state index in [1.807, 2.05) is 48.5 Å². The highest BCUT2D eigenvalue weighted by atomic mass is 16.3. The van der Waals surface area contributed by atoms with Crippen LogP contribution >= 0.6 is 0 Å². The lowest BCUT2D eigenvalue weighted by Gasteiger charge is -2.35. The van der Waals surface area contributed by atoms with Crippen molar-refractivity contribution in [3.8, 4) is 11.5 Å². The molecule has 1 unspecified atom stereocenters. The van der Waals surface area contributed by atoms with Gasteiger partial charge in [-0.25, -0.2) is 0 Å². The zero-order chi connectivity index (χ0) is 16.3. The van der Waals surface area contributed by atoms with Crippen LogP contribution in [0.2, 0.25) is 0 Å². The third-order valence-electron chi connectivity index (χ3n) is 4.50. The van der Waals surface area contributed by atoms with Gasteiger partial charge in [-0.15, -0.1) is 0 Å². The minimum absolute atomic E-state index is 0.228. The van der Waals surface area contributed by atoms with E-state index in [1.54, 1.807) is 18.2 Å². The molecule has 0 bridgehead atoms. The highest BCUT2D eigenvalue weighted by Crippen LogP contribution is 2.45. The molecule has 23 heavy (non-hydrogen) atoms. The lowest BCUT2D eigenvalue weighted by atomic mass is 9.67. The van der Waals surface area contributed by atoms with E-state index >= 15 is 0 Å². The Bertz CT molecular complexity index is 796. The van der Waals surface area contributed by atoms with E-state index in [0.29, 0.717) is 0 Å². The topological polar surface area (TPSA) is 40.5 Å². The third-order valence-corrected chi connectivity index (χ3v) is 4.50. The highest BCUT2D eigenvalue weighted by Gasteiger charge is 2.36. The van der Waals surface area contributed by atoms with Gasteiger partial charge in [0.25, 0.3) is 0 Å². The summed E-state index contributed by atoms with van der Waals surface area (Å²) in [6.45, 7) is 2.10. The quantitative estimate of drug-likeness (QED) is 0.677. The van der Waals surface area contributed by atoms with Gasteiger partial charge in [-0.1, -0.05) is 67.6 Å². The van der Waals surface area contributed by atoms with Crippen LogP contribution in [0.25, 0.3) is 0 Å². The second-order valence-corrected chi connectivity index (χ2v) is 5.69. The van der Waals surface area contributed by atoms with Crippen molar-refractivity contribution in [3.63, 3.8) is 0 Å². The van der Waals surface area contributed by atoms with E-state index in [1.165, 1.54) is 0 Å². The van der Waals surface area contributed by atoms with Gasteiger partial charge in [0.2, 0.25) is 0 Å². The fourth-order valence-corrected chi connectivity index (χ4v) is 3.40. The average Bonchev–Trinajstić information content (AvgIpc) is 2.59. The maximum Gasteiger partial charge on any atom is 0.120 e. The molecule has 0 aromatic heterocycles. The number of hydrogen-bond acceptors (Lipinski definition) is 2. The minimum atomic E-state index is -0.509. The number of hydrogen-bond donors (Lipinski definition) is 2. The molecule has 2 N–H and O–H groups in total. The Morgan fingerprint density at radius 1 is 0.739 bits per heavy atom. The lowest BCUT2D eigenvalue weighted by Crippen LogP contribution is -2.28. The molecular formula is C21H20O2. The summed E-state index contributed by atoms with van der Waals surface area (Å²) in [5, 5.41) is 20.5. The van der Waals surface area contributed by atoms with Crippen LogP contribution in [0, 0.1) is 0 Å². The summed E-state index contributed by atoms with van der Waals surface area (Å²) < 4.78 is 0. The van der Waals surface area contributed by atoms with E-state index in [0.717, 1.165) is 23.1 Å². The Balaban J connectivity index is 2.35. The van der Waals surface area contributed by atoms with Crippen molar-refractivity contribution in [2.45, 2.75) is 18.8 Å². The molecule has 0 heterocycles. The molecule has 3 rings (SSSR count). The molecule has 0 amide bonds. The number of phenolic OH excluding ortho intramolecular Hbond substituents is 2. The van der Waals surface area contributed by atoms with Gasteiger partial charge in [0.15, 0.2) is 0 Å². The Kier molecular flexibility index (Phi) is 4.07. The molecule has 3 aromatic carbocycles. The molecule has 3 aromatic rings. The minimum Gasteiger partial charge on any atom is -0.508 e. The fourth-order valence-electron chi connectivity index (χ4n) is 3.40. The third kappa shape index (κ3) is 2.57. The van der Waals surface area contributed by atoms with Gasteiger partial charge in [0.05, 0.1) is 0 Å². The Hall–Kier alpha value is -2.74. The summed E-state index contributed by atoms with van der Waals surface area (Å²) in [6, 6.07) is 24.9. The molecule has 2 nitrogen and oxygen atoms in total. The van der Waals surface area contributed by atoms with Gasteiger partial charge in [0.1, 0.15) is 11.5 Å². The molecule has 0 aliphatic heterocycles. The lowest BCUT2D eigenvalue weighted by molar-refractivity contribution is 0.446. The van der Waals surface area contributed by atoms with Crippen LogP contribution in [0.5, 0.6) is 11.5 Å². The van der Waals surface area contributed by atoms with Crippen LogP contribution in [0.1, 0.15) is 30.0 Å². The first-order chi connectivity index (χ1) is 11.2. The van der Waals surface area contributed by atoms with Crippen molar-refractivity contribution in [2.24, 2.45) is 0 Å².